The van der Waals surface area contributed by atoms with Gasteiger partial charge < -0.3 is 5.32 Å². The Morgan fingerprint density at radius 3 is 2.29 bits per heavy atom. The van der Waals surface area contributed by atoms with E-state index in [0.29, 0.717) is 6.04 Å². The molecule has 1 N–H and O–H groups in total. The topological polar surface area (TPSA) is 12.0 Å². The fraction of sp³-hybridized carbons (Fsp3) is 0.600. The van der Waals surface area contributed by atoms with Gasteiger partial charge in [0.05, 0.1) is 0 Å². The molecular weight excluding hydrogens is 226 g/mol. The third-order valence-electron chi connectivity index (χ3n) is 3.40. The van der Waals surface area contributed by atoms with Crippen molar-refractivity contribution < 1.29 is 0 Å². The molecule has 2 heteroatoms. The zero-order chi connectivity index (χ0) is 12.6. The molecule has 0 saturated carbocycles. The van der Waals surface area contributed by atoms with Gasteiger partial charge in [0.15, 0.2) is 0 Å². The van der Waals surface area contributed by atoms with Gasteiger partial charge >= 0.3 is 0 Å². The molecule has 0 aromatic heterocycles. The van der Waals surface area contributed by atoms with Gasteiger partial charge in [0.25, 0.3) is 0 Å². The molecule has 1 aliphatic heterocycles. The second-order valence-corrected chi connectivity index (χ2v) is 6.94. The molecule has 0 aliphatic carbocycles. The predicted octanol–water partition coefficient (Wildman–Crippen LogP) is 3.77. The van der Waals surface area contributed by atoms with Crippen LogP contribution in [0.25, 0.3) is 0 Å². The van der Waals surface area contributed by atoms with Crippen LogP contribution in [0.4, 0.5) is 0 Å². The Hall–Kier alpha value is -0.470. The summed E-state index contributed by atoms with van der Waals surface area (Å²) in [4.78, 5) is 0. The lowest BCUT2D eigenvalue weighted by molar-refractivity contribution is 0.374. The summed E-state index contributed by atoms with van der Waals surface area (Å²) in [5, 5.41) is 3.79. The molecule has 1 aromatic rings. The normalized spacial score (nSPS) is 23.7. The molecule has 1 atom stereocenters. The van der Waals surface area contributed by atoms with Gasteiger partial charge in [0, 0.05) is 23.1 Å². The van der Waals surface area contributed by atoms with Crippen LogP contribution < -0.4 is 5.32 Å². The van der Waals surface area contributed by atoms with Crippen LogP contribution >= 0.6 is 11.8 Å². The van der Waals surface area contributed by atoms with E-state index in [9.17, 15) is 0 Å². The van der Waals surface area contributed by atoms with Crippen LogP contribution in [0.1, 0.15) is 42.1 Å². The summed E-state index contributed by atoms with van der Waals surface area (Å²) in [7, 11) is 0. The van der Waals surface area contributed by atoms with Gasteiger partial charge in [-0.1, -0.05) is 17.7 Å². The van der Waals surface area contributed by atoms with Gasteiger partial charge in [-0.2, -0.15) is 11.8 Å². The lowest BCUT2D eigenvalue weighted by Gasteiger charge is -2.38. The minimum atomic E-state index is 0.247. The van der Waals surface area contributed by atoms with Gasteiger partial charge in [-0.3, -0.25) is 0 Å². The maximum Gasteiger partial charge on any atom is 0.0421 e. The fourth-order valence-electron chi connectivity index (χ4n) is 2.88. The lowest BCUT2D eigenvalue weighted by atomic mass is 9.93. The van der Waals surface area contributed by atoms with E-state index in [1.54, 1.807) is 0 Å². The van der Waals surface area contributed by atoms with Crippen LogP contribution in [0.2, 0.25) is 0 Å². The number of hydrogen-bond donors (Lipinski definition) is 1. The highest BCUT2D eigenvalue weighted by molar-refractivity contribution is 7.99. The quantitative estimate of drug-likeness (QED) is 0.813. The Bertz CT molecular complexity index is 400. The zero-order valence-corrected chi connectivity index (χ0v) is 12.4. The van der Waals surface area contributed by atoms with Crippen molar-refractivity contribution in [2.75, 3.05) is 11.5 Å². The Morgan fingerprint density at radius 1 is 1.18 bits per heavy atom. The first-order valence-electron chi connectivity index (χ1n) is 6.32. The Balaban J connectivity index is 2.34. The standard InChI is InChI=1S/C15H23NS/c1-10-6-11(2)14(12(3)7-10)13-8-17-9-15(4,5)16-13/h6-7,13,16H,8-9H2,1-5H3. The van der Waals surface area contributed by atoms with E-state index in [1.165, 1.54) is 33.8 Å². The van der Waals surface area contributed by atoms with E-state index >= 15 is 0 Å². The average Bonchev–Trinajstić information content (AvgIpc) is 2.13. The maximum atomic E-state index is 3.79. The largest absolute Gasteiger partial charge is 0.303 e. The van der Waals surface area contributed by atoms with E-state index in [0.717, 1.165) is 0 Å². The highest BCUT2D eigenvalue weighted by Gasteiger charge is 2.29. The molecule has 0 bridgehead atoms. The number of thioether (sulfide) groups is 1. The van der Waals surface area contributed by atoms with Crippen molar-refractivity contribution >= 4 is 11.8 Å². The van der Waals surface area contributed by atoms with Crippen LogP contribution in [0.5, 0.6) is 0 Å². The summed E-state index contributed by atoms with van der Waals surface area (Å²) in [6.45, 7) is 11.2. The van der Waals surface area contributed by atoms with E-state index in [4.69, 9.17) is 0 Å². The Morgan fingerprint density at radius 2 is 1.76 bits per heavy atom. The molecule has 2 rings (SSSR count). The smallest absolute Gasteiger partial charge is 0.0421 e. The van der Waals surface area contributed by atoms with Gasteiger partial charge in [-0.25, -0.2) is 0 Å². The number of hydrogen-bond acceptors (Lipinski definition) is 2. The van der Waals surface area contributed by atoms with Crippen LogP contribution in [0.3, 0.4) is 0 Å². The van der Waals surface area contributed by atoms with Crippen molar-refractivity contribution in [1.82, 2.24) is 5.32 Å². The number of aryl methyl sites for hydroxylation is 3. The summed E-state index contributed by atoms with van der Waals surface area (Å²) in [6.07, 6.45) is 0. The van der Waals surface area contributed by atoms with Gasteiger partial charge in [0.2, 0.25) is 0 Å². The second kappa shape index (κ2) is 4.66. The summed E-state index contributed by atoms with van der Waals surface area (Å²) in [5.41, 5.74) is 5.98. The third-order valence-corrected chi connectivity index (χ3v) is 4.89. The van der Waals surface area contributed by atoms with E-state index < -0.39 is 0 Å². The number of benzene rings is 1. The molecule has 1 nitrogen and oxygen atoms in total. The van der Waals surface area contributed by atoms with Crippen LogP contribution in [0.15, 0.2) is 12.1 Å². The van der Waals surface area contributed by atoms with Gasteiger partial charge in [-0.05, 0) is 51.3 Å². The molecule has 0 amide bonds. The first-order valence-corrected chi connectivity index (χ1v) is 7.48. The third kappa shape index (κ3) is 2.86. The SMILES string of the molecule is Cc1cc(C)c(C2CSCC(C)(C)N2)c(C)c1. The highest BCUT2D eigenvalue weighted by Crippen LogP contribution is 2.32. The summed E-state index contributed by atoms with van der Waals surface area (Å²) < 4.78 is 0. The monoisotopic (exact) mass is 249 g/mol. The molecule has 1 unspecified atom stereocenters. The van der Waals surface area contributed by atoms with E-state index in [2.05, 4.69) is 63.8 Å². The van der Waals surface area contributed by atoms with E-state index in [1.807, 2.05) is 0 Å². The first-order chi connectivity index (χ1) is 7.89. The molecule has 1 heterocycles. The van der Waals surface area contributed by atoms with Crippen molar-refractivity contribution in [2.24, 2.45) is 0 Å². The lowest BCUT2D eigenvalue weighted by Crippen LogP contribution is -2.48. The highest BCUT2D eigenvalue weighted by atomic mass is 32.2. The van der Waals surface area contributed by atoms with E-state index in [-0.39, 0.29) is 5.54 Å². The molecule has 17 heavy (non-hydrogen) atoms. The number of nitrogens with one attached hydrogen (secondary N) is 1. The van der Waals surface area contributed by atoms with Crippen molar-refractivity contribution in [3.8, 4) is 0 Å². The second-order valence-electron chi connectivity index (χ2n) is 5.91. The summed E-state index contributed by atoms with van der Waals surface area (Å²) in [6, 6.07) is 5.11. The van der Waals surface area contributed by atoms with Crippen molar-refractivity contribution in [2.45, 2.75) is 46.2 Å². The van der Waals surface area contributed by atoms with Crippen LogP contribution in [-0.2, 0) is 0 Å². The number of rotatable bonds is 1. The minimum absolute atomic E-state index is 0.247. The molecule has 1 aromatic carbocycles. The van der Waals surface area contributed by atoms with Gasteiger partial charge in [0.1, 0.15) is 0 Å². The summed E-state index contributed by atoms with van der Waals surface area (Å²) >= 11 is 2.06. The molecule has 94 valence electrons. The average molecular weight is 249 g/mol. The fourth-order valence-corrected chi connectivity index (χ4v) is 4.08. The molecule has 1 fully saturated rings. The Kier molecular flexibility index (Phi) is 3.55. The van der Waals surface area contributed by atoms with Gasteiger partial charge in [-0.15, -0.1) is 0 Å². The Labute approximate surface area is 109 Å². The molecular formula is C15H23NS. The molecule has 0 radical (unpaired) electrons. The minimum Gasteiger partial charge on any atom is -0.303 e. The predicted molar refractivity (Wildman–Crippen MR) is 77.9 cm³/mol. The summed E-state index contributed by atoms with van der Waals surface area (Å²) in [5.74, 6) is 2.39. The van der Waals surface area contributed by atoms with Crippen LogP contribution in [-0.4, -0.2) is 17.0 Å². The van der Waals surface area contributed by atoms with Crippen molar-refractivity contribution in [3.63, 3.8) is 0 Å². The maximum absolute atomic E-state index is 3.79. The molecule has 0 spiro atoms. The molecule has 1 aliphatic rings. The molecule has 1 saturated heterocycles. The van der Waals surface area contributed by atoms with Crippen molar-refractivity contribution in [3.05, 3.63) is 34.4 Å². The van der Waals surface area contributed by atoms with Crippen molar-refractivity contribution in [1.29, 1.82) is 0 Å². The zero-order valence-electron chi connectivity index (χ0n) is 11.6. The van der Waals surface area contributed by atoms with Crippen LogP contribution in [0, 0.1) is 20.8 Å². The first kappa shape index (κ1) is 13.0.